The predicted molar refractivity (Wildman–Crippen MR) is 109 cm³/mol. The van der Waals surface area contributed by atoms with Crippen molar-refractivity contribution in [3.05, 3.63) is 72.2 Å². The largest absolute Gasteiger partial charge is 0.493 e. The van der Waals surface area contributed by atoms with Gasteiger partial charge in [-0.3, -0.25) is 4.79 Å². The van der Waals surface area contributed by atoms with Gasteiger partial charge in [-0.2, -0.15) is 5.10 Å². The highest BCUT2D eigenvalue weighted by Crippen LogP contribution is 2.31. The third kappa shape index (κ3) is 4.67. The molecule has 2 aromatic carbocycles. The number of nitrogens with zero attached hydrogens (tertiary/aromatic N) is 1. The fraction of sp³-hybridized carbons (Fsp3) is 0.136. The Bertz CT molecular complexity index is 1110. The van der Waals surface area contributed by atoms with Crippen LogP contribution in [-0.2, 0) is 4.79 Å². The highest BCUT2D eigenvalue weighted by atomic mass is 16.6. The lowest BCUT2D eigenvalue weighted by molar-refractivity contribution is -0.130. The van der Waals surface area contributed by atoms with Crippen LogP contribution in [0.5, 0.6) is 23.0 Å². The van der Waals surface area contributed by atoms with Gasteiger partial charge in [0.1, 0.15) is 6.61 Å². The number of esters is 1. The van der Waals surface area contributed by atoms with Crippen molar-refractivity contribution >= 4 is 18.1 Å². The van der Waals surface area contributed by atoms with Crippen LogP contribution in [0.25, 0.3) is 0 Å². The average molecular weight is 422 g/mol. The third-order valence-corrected chi connectivity index (χ3v) is 4.30. The number of carbonyl (C=O) groups excluding carboxylic acids is 2. The molecule has 1 unspecified atom stereocenters. The van der Waals surface area contributed by atoms with Gasteiger partial charge in [0.05, 0.1) is 19.6 Å². The van der Waals surface area contributed by atoms with Gasteiger partial charge < -0.3 is 23.4 Å². The molecule has 0 spiro atoms. The minimum Gasteiger partial charge on any atom is -0.493 e. The van der Waals surface area contributed by atoms with Gasteiger partial charge in [0.2, 0.25) is 11.9 Å². The Morgan fingerprint density at radius 3 is 2.71 bits per heavy atom. The fourth-order valence-corrected chi connectivity index (χ4v) is 2.78. The zero-order valence-corrected chi connectivity index (χ0v) is 16.4. The van der Waals surface area contributed by atoms with E-state index in [4.69, 9.17) is 23.4 Å². The molecule has 3 aromatic rings. The number of furan rings is 1. The summed E-state index contributed by atoms with van der Waals surface area (Å²) in [6.45, 7) is 0.0852. The summed E-state index contributed by atoms with van der Waals surface area (Å²) in [5.41, 5.74) is 3.03. The van der Waals surface area contributed by atoms with Crippen LogP contribution < -0.4 is 24.4 Å². The topological polar surface area (TPSA) is 109 Å². The van der Waals surface area contributed by atoms with Crippen molar-refractivity contribution in [3.8, 4) is 23.0 Å². The maximum atomic E-state index is 12.3. The maximum Gasteiger partial charge on any atom is 0.379 e. The lowest BCUT2D eigenvalue weighted by Gasteiger charge is -2.24. The van der Waals surface area contributed by atoms with Gasteiger partial charge in [0.15, 0.2) is 23.0 Å². The molecule has 0 fully saturated rings. The van der Waals surface area contributed by atoms with E-state index in [0.29, 0.717) is 22.8 Å². The van der Waals surface area contributed by atoms with Crippen molar-refractivity contribution in [1.82, 2.24) is 5.43 Å². The van der Waals surface area contributed by atoms with Crippen molar-refractivity contribution in [1.29, 1.82) is 0 Å². The van der Waals surface area contributed by atoms with Crippen LogP contribution >= 0.6 is 0 Å². The number of benzene rings is 2. The molecule has 0 radical (unpaired) electrons. The first-order valence-corrected chi connectivity index (χ1v) is 9.29. The van der Waals surface area contributed by atoms with Crippen molar-refractivity contribution in [2.75, 3.05) is 13.7 Å². The summed E-state index contributed by atoms with van der Waals surface area (Å²) in [5, 5.41) is 3.94. The quantitative estimate of drug-likeness (QED) is 0.282. The van der Waals surface area contributed by atoms with E-state index in [0.717, 1.165) is 0 Å². The Kier molecular flexibility index (Phi) is 5.84. The zero-order valence-electron chi connectivity index (χ0n) is 16.4. The molecule has 1 N–H and O–H groups in total. The molecule has 31 heavy (non-hydrogen) atoms. The molecule has 4 rings (SSSR count). The predicted octanol–water partition coefficient (Wildman–Crippen LogP) is 2.80. The second-order valence-corrected chi connectivity index (χ2v) is 6.38. The van der Waals surface area contributed by atoms with Crippen LogP contribution in [0.1, 0.15) is 16.1 Å². The minimum absolute atomic E-state index is 0.0759. The van der Waals surface area contributed by atoms with Crippen LogP contribution in [0.3, 0.4) is 0 Å². The molecular weight excluding hydrogens is 404 g/mol. The standard InChI is InChI=1S/C22H18N2O7/c1-27-19-11-14(8-9-17(19)31-22(26)18-7-4-10-28-18)12-23-24-21(25)20-13-29-15-5-2-3-6-16(15)30-20/h2-12,20H,13H2,1H3,(H,24,25)/b23-12+. The van der Waals surface area contributed by atoms with Crippen LogP contribution in [-0.4, -0.2) is 37.9 Å². The van der Waals surface area contributed by atoms with Crippen molar-refractivity contribution < 1.29 is 33.0 Å². The maximum absolute atomic E-state index is 12.3. The van der Waals surface area contributed by atoms with E-state index in [2.05, 4.69) is 10.5 Å². The molecule has 158 valence electrons. The van der Waals surface area contributed by atoms with Gasteiger partial charge in [-0.25, -0.2) is 10.2 Å². The molecule has 9 heteroatoms. The Hall–Kier alpha value is -4.27. The van der Waals surface area contributed by atoms with E-state index in [1.165, 1.54) is 25.7 Å². The summed E-state index contributed by atoms with van der Waals surface area (Å²) in [5.74, 6) is 0.617. The van der Waals surface area contributed by atoms with E-state index in [-0.39, 0.29) is 18.1 Å². The number of hydrazone groups is 1. The highest BCUT2D eigenvalue weighted by molar-refractivity contribution is 5.89. The first-order chi connectivity index (χ1) is 15.1. The number of carbonyl (C=O) groups is 2. The van der Waals surface area contributed by atoms with E-state index in [1.807, 2.05) is 6.07 Å². The normalized spacial score (nSPS) is 14.8. The Balaban J connectivity index is 1.36. The average Bonchev–Trinajstić information content (AvgIpc) is 3.34. The molecule has 0 bridgehead atoms. The fourth-order valence-electron chi connectivity index (χ4n) is 2.78. The number of fused-ring (bicyclic) bond motifs is 1. The monoisotopic (exact) mass is 422 g/mol. The van der Waals surface area contributed by atoms with Crippen LogP contribution in [0.15, 0.2) is 70.4 Å². The van der Waals surface area contributed by atoms with Crippen molar-refractivity contribution in [2.24, 2.45) is 5.10 Å². The third-order valence-electron chi connectivity index (χ3n) is 4.30. The number of methoxy groups -OCH3 is 1. The number of amides is 1. The van der Waals surface area contributed by atoms with Crippen molar-refractivity contribution in [2.45, 2.75) is 6.10 Å². The van der Waals surface area contributed by atoms with Crippen LogP contribution in [0.2, 0.25) is 0 Å². The number of ether oxygens (including phenoxy) is 4. The SMILES string of the molecule is COc1cc(/C=N/NC(=O)C2COc3ccccc3O2)ccc1OC(=O)c1ccco1. The zero-order chi connectivity index (χ0) is 21.6. The summed E-state index contributed by atoms with van der Waals surface area (Å²) in [6, 6.07) is 15.0. The molecule has 0 aliphatic carbocycles. The second-order valence-electron chi connectivity index (χ2n) is 6.38. The smallest absolute Gasteiger partial charge is 0.379 e. The first kappa shape index (κ1) is 20.0. The molecular formula is C22H18N2O7. The van der Waals surface area contributed by atoms with E-state index in [1.54, 1.807) is 42.5 Å². The second kappa shape index (κ2) is 9.04. The summed E-state index contributed by atoms with van der Waals surface area (Å²) >= 11 is 0. The Morgan fingerprint density at radius 1 is 1.10 bits per heavy atom. The number of nitrogens with one attached hydrogen (secondary N) is 1. The number of para-hydroxylation sites is 2. The van der Waals surface area contributed by atoms with E-state index in [9.17, 15) is 9.59 Å². The van der Waals surface area contributed by atoms with E-state index < -0.39 is 18.0 Å². The van der Waals surface area contributed by atoms with Gasteiger partial charge >= 0.3 is 5.97 Å². The van der Waals surface area contributed by atoms with E-state index >= 15 is 0 Å². The lowest BCUT2D eigenvalue weighted by atomic mass is 10.2. The number of hydrogen-bond acceptors (Lipinski definition) is 8. The molecule has 1 aliphatic heterocycles. The number of rotatable bonds is 6. The van der Waals surface area contributed by atoms with Gasteiger partial charge in [-0.05, 0) is 48.0 Å². The molecule has 1 aromatic heterocycles. The summed E-state index contributed by atoms with van der Waals surface area (Å²) in [4.78, 5) is 24.3. The van der Waals surface area contributed by atoms with Crippen molar-refractivity contribution in [3.63, 3.8) is 0 Å². The summed E-state index contributed by atoms with van der Waals surface area (Å²) in [7, 11) is 1.44. The van der Waals surface area contributed by atoms with Crippen LogP contribution in [0.4, 0.5) is 0 Å². The molecule has 0 saturated carbocycles. The highest BCUT2D eigenvalue weighted by Gasteiger charge is 2.27. The van der Waals surface area contributed by atoms with Gasteiger partial charge in [-0.15, -0.1) is 0 Å². The molecule has 9 nitrogen and oxygen atoms in total. The van der Waals surface area contributed by atoms with Gasteiger partial charge in [0.25, 0.3) is 5.91 Å². The first-order valence-electron chi connectivity index (χ1n) is 9.29. The molecule has 0 saturated heterocycles. The molecule has 1 amide bonds. The number of hydrogen-bond donors (Lipinski definition) is 1. The Labute approximate surface area is 177 Å². The Morgan fingerprint density at radius 2 is 1.94 bits per heavy atom. The minimum atomic E-state index is -0.815. The molecule has 1 atom stereocenters. The van der Waals surface area contributed by atoms with Crippen LogP contribution in [0, 0.1) is 0 Å². The van der Waals surface area contributed by atoms with Gasteiger partial charge in [-0.1, -0.05) is 12.1 Å². The summed E-state index contributed by atoms with van der Waals surface area (Å²) < 4.78 is 26.7. The molecule has 1 aliphatic rings. The molecule has 2 heterocycles. The summed E-state index contributed by atoms with van der Waals surface area (Å²) in [6.07, 6.45) is 1.99. The van der Waals surface area contributed by atoms with Gasteiger partial charge in [0, 0.05) is 0 Å². The lowest BCUT2D eigenvalue weighted by Crippen LogP contribution is -2.42.